The molecule has 3 aliphatic rings. The van der Waals surface area contributed by atoms with Gasteiger partial charge >= 0.3 is 0 Å². The normalized spacial score (nSPS) is 16.4. The summed E-state index contributed by atoms with van der Waals surface area (Å²) in [4.78, 5) is 38.1. The maximum atomic E-state index is 12.3. The van der Waals surface area contributed by atoms with Crippen LogP contribution in [0.1, 0.15) is 216 Å². The number of carbonyl (C=O) groups excluding carboxylic acids is 1. The van der Waals surface area contributed by atoms with Crippen molar-refractivity contribution >= 4 is 85.3 Å². The van der Waals surface area contributed by atoms with E-state index < -0.39 is 5.41 Å². The Bertz CT molecular complexity index is 4430. The molecular weight excluding hydrogens is 1250 g/mol. The first-order valence-electron chi connectivity index (χ1n) is 35.2. The number of unbranched alkanes of at least 4 members (excludes halogenated alkanes) is 12. The summed E-state index contributed by atoms with van der Waals surface area (Å²) in [6.45, 7) is 9.21. The molecule has 0 saturated heterocycles. The lowest BCUT2D eigenvalue weighted by atomic mass is 9.59. The summed E-state index contributed by atoms with van der Waals surface area (Å²) in [5.41, 5.74) is 19.7. The van der Waals surface area contributed by atoms with Gasteiger partial charge in [0.25, 0.3) is 0 Å². The molecule has 4 nitrogen and oxygen atoms in total. The molecule has 1 fully saturated rings. The number of para-hydroxylation sites is 2. The van der Waals surface area contributed by atoms with Gasteiger partial charge in [0, 0.05) is 55.0 Å². The predicted molar refractivity (Wildman–Crippen MR) is 405 cm³/mol. The summed E-state index contributed by atoms with van der Waals surface area (Å²) in [5, 5.41) is 1.01. The Kier molecular flexibility index (Phi) is 20.1. The van der Waals surface area contributed by atoms with Gasteiger partial charge in [-0.15, -0.1) is 56.7 Å². The molecule has 1 unspecified atom stereocenters. The zero-order chi connectivity index (χ0) is 63.4. The van der Waals surface area contributed by atoms with Crippen molar-refractivity contribution in [3.63, 3.8) is 0 Å². The van der Waals surface area contributed by atoms with E-state index in [1.807, 2.05) is 63.8 Å². The van der Waals surface area contributed by atoms with Crippen LogP contribution in [-0.4, -0.2) is 23.4 Å². The highest BCUT2D eigenvalue weighted by atomic mass is 32.1. The molecule has 0 aliphatic heterocycles. The molecule has 1 saturated carbocycles. The third-order valence-corrected chi connectivity index (χ3v) is 28.1. The standard InChI is InChI=1S/C83H88N2O2S6/c1-6-10-14-18-28-55-46-59(52-86)88-79(55)70-42-43-71(89-70)80-56(29-19-15-11-7-2)49-74(91-80)53-38-40-62-66(47-53)83(64-34-24-22-32-60(64)61-33-23-25-35-65(61)83)67-48-54(39-41-63(67)78-77(62)84-68-36-26-27-37-69(68)85-78)75-50-57(30-20-16-12-8-3)81(92-75)72-44-45-73(90-72)82-58(31-21-17-13-9-4)51-76(87-5)93-82/h22,24,26-27,32,34,36-52,61,65H,6-21,23,25,28-31,33,35H2,1-5H3/t61-,65?,83+/m1/s1. The third-order valence-electron chi connectivity index (χ3n) is 20.5. The molecular formula is C83H88N2O2S6. The molecule has 14 rings (SSSR count). The van der Waals surface area contributed by atoms with E-state index in [1.54, 1.807) is 11.3 Å². The van der Waals surface area contributed by atoms with Gasteiger partial charge in [0.2, 0.25) is 0 Å². The van der Waals surface area contributed by atoms with E-state index in [0.717, 1.165) is 77.2 Å². The van der Waals surface area contributed by atoms with Crippen LogP contribution >= 0.6 is 68.0 Å². The molecule has 7 heterocycles. The largest absolute Gasteiger partial charge is 0.487 e. The van der Waals surface area contributed by atoms with Crippen molar-refractivity contribution in [3.8, 4) is 87.5 Å². The van der Waals surface area contributed by atoms with Crippen LogP contribution in [0.3, 0.4) is 0 Å². The first-order chi connectivity index (χ1) is 45.8. The van der Waals surface area contributed by atoms with Crippen LogP contribution in [0.2, 0.25) is 0 Å². The first kappa shape index (κ1) is 64.2. The second kappa shape index (κ2) is 29.1. The van der Waals surface area contributed by atoms with Crippen LogP contribution < -0.4 is 4.74 Å². The molecule has 10 heteroatoms. The Morgan fingerprint density at radius 1 is 0.441 bits per heavy atom. The fourth-order valence-electron chi connectivity index (χ4n) is 15.9. The molecule has 0 N–H and O–H groups in total. The molecule has 3 atom stereocenters. The van der Waals surface area contributed by atoms with Crippen molar-refractivity contribution in [1.82, 2.24) is 9.97 Å². The molecule has 3 aliphatic carbocycles. The predicted octanol–water partition coefficient (Wildman–Crippen LogP) is 26.6. The highest BCUT2D eigenvalue weighted by molar-refractivity contribution is 7.28. The molecule has 478 valence electrons. The Balaban J connectivity index is 0.939. The van der Waals surface area contributed by atoms with Crippen LogP contribution in [0.25, 0.3) is 93.4 Å². The Hall–Kier alpha value is -6.11. The van der Waals surface area contributed by atoms with E-state index >= 15 is 0 Å². The number of nitrogens with zero attached hydrogens (tertiary/aromatic N) is 2. The number of carbonyl (C=O) groups is 1. The molecule has 0 radical (unpaired) electrons. The number of hydrogen-bond acceptors (Lipinski definition) is 10. The zero-order valence-corrected chi connectivity index (χ0v) is 60.0. The number of aromatic nitrogens is 2. The number of thiophene rings is 6. The second-order valence-corrected chi connectivity index (χ2v) is 32.9. The van der Waals surface area contributed by atoms with E-state index in [-0.39, 0.29) is 0 Å². The average molecular weight is 1340 g/mol. The van der Waals surface area contributed by atoms with E-state index in [1.165, 1.54) is 231 Å². The van der Waals surface area contributed by atoms with Gasteiger partial charge in [-0.1, -0.05) is 190 Å². The van der Waals surface area contributed by atoms with Crippen LogP contribution in [0.5, 0.6) is 5.06 Å². The van der Waals surface area contributed by atoms with Gasteiger partial charge in [-0.3, -0.25) is 4.79 Å². The van der Waals surface area contributed by atoms with E-state index in [9.17, 15) is 4.79 Å². The van der Waals surface area contributed by atoms with Gasteiger partial charge in [0.15, 0.2) is 11.3 Å². The highest BCUT2D eigenvalue weighted by Crippen LogP contribution is 2.66. The lowest BCUT2D eigenvalue weighted by molar-refractivity contribution is 0.112. The van der Waals surface area contributed by atoms with Crippen molar-refractivity contribution in [2.75, 3.05) is 7.11 Å². The summed E-state index contributed by atoms with van der Waals surface area (Å²) in [6, 6.07) is 52.5. The number of ether oxygens (including phenoxy) is 1. The molecule has 0 amide bonds. The number of methoxy groups -OCH3 is 1. The molecule has 93 heavy (non-hydrogen) atoms. The van der Waals surface area contributed by atoms with Gasteiger partial charge in [-0.05, 0) is 204 Å². The maximum Gasteiger partial charge on any atom is 0.174 e. The molecule has 0 bridgehead atoms. The zero-order valence-electron chi connectivity index (χ0n) is 55.1. The minimum atomic E-state index is -0.490. The van der Waals surface area contributed by atoms with Crippen LogP contribution in [0.15, 0.2) is 133 Å². The number of rotatable bonds is 28. The quantitative estimate of drug-likeness (QED) is 0.0362. The van der Waals surface area contributed by atoms with Crippen LogP contribution in [-0.2, 0) is 31.1 Å². The minimum Gasteiger partial charge on any atom is -0.487 e. The van der Waals surface area contributed by atoms with Crippen molar-refractivity contribution < 1.29 is 9.53 Å². The summed E-state index contributed by atoms with van der Waals surface area (Å²) >= 11 is 11.4. The summed E-state index contributed by atoms with van der Waals surface area (Å²) in [5.74, 6) is 0.769. The van der Waals surface area contributed by atoms with Crippen LogP contribution in [0, 0.1) is 5.92 Å². The fourth-order valence-corrected chi connectivity index (χ4v) is 23.0. The molecule has 7 aromatic heterocycles. The number of fused-ring (bicyclic) bond motifs is 13. The first-order valence-corrected chi connectivity index (χ1v) is 40.1. The fraction of sp³-hybridized carbons (Fsp3) is 0.386. The minimum absolute atomic E-state index is 0.339. The van der Waals surface area contributed by atoms with Gasteiger partial charge in [-0.25, -0.2) is 9.97 Å². The second-order valence-electron chi connectivity index (χ2n) is 26.6. The van der Waals surface area contributed by atoms with Gasteiger partial charge < -0.3 is 4.74 Å². The number of aldehydes is 1. The summed E-state index contributed by atoms with van der Waals surface area (Å²) in [6.07, 6.45) is 29.7. The number of aryl methyl sites for hydroxylation is 4. The lowest BCUT2D eigenvalue weighted by Crippen LogP contribution is -2.37. The van der Waals surface area contributed by atoms with E-state index in [0.29, 0.717) is 11.8 Å². The molecule has 4 aromatic carbocycles. The monoisotopic (exact) mass is 1340 g/mol. The smallest absolute Gasteiger partial charge is 0.174 e. The summed E-state index contributed by atoms with van der Waals surface area (Å²) in [7, 11) is 1.82. The van der Waals surface area contributed by atoms with Gasteiger partial charge in [-0.2, -0.15) is 0 Å². The lowest BCUT2D eigenvalue weighted by Gasteiger charge is -2.43. The SMILES string of the molecule is CCCCCCc1cc(C=O)sc1-c1ccc(-c2sc(-c3ccc4c(c3)[C@]3(c5cc(-c6cc(CCCCCC)c(-c7ccc(-c8sc(OC)cc8CCCCCC)s7)s6)ccc5-c5nc6ccccc6nc5-4)c4ccccc4[C@H]4CCCCC43)cc2CCCCCC)s1. The highest BCUT2D eigenvalue weighted by Gasteiger charge is 2.57. The van der Waals surface area contributed by atoms with E-state index in [4.69, 9.17) is 14.7 Å². The van der Waals surface area contributed by atoms with Gasteiger partial charge in [0.1, 0.15) is 0 Å². The Morgan fingerprint density at radius 2 is 0.892 bits per heavy atom. The number of benzene rings is 4. The van der Waals surface area contributed by atoms with Crippen molar-refractivity contribution in [1.29, 1.82) is 0 Å². The maximum absolute atomic E-state index is 12.3. The topological polar surface area (TPSA) is 52.1 Å². The summed E-state index contributed by atoms with van der Waals surface area (Å²) < 4.78 is 5.91. The Morgan fingerprint density at radius 3 is 1.39 bits per heavy atom. The van der Waals surface area contributed by atoms with Crippen molar-refractivity contribution in [2.45, 2.75) is 193 Å². The third kappa shape index (κ3) is 12.6. The Labute approximate surface area is 576 Å². The number of hydrogen-bond donors (Lipinski definition) is 0. The van der Waals surface area contributed by atoms with E-state index in [2.05, 4.69) is 161 Å². The average Bonchev–Trinajstić information content (AvgIpc) is 1.53. The van der Waals surface area contributed by atoms with Crippen LogP contribution in [0.4, 0.5) is 0 Å². The molecule has 11 aromatic rings. The molecule has 1 spiro atoms. The van der Waals surface area contributed by atoms with Crippen molar-refractivity contribution in [2.24, 2.45) is 5.92 Å². The van der Waals surface area contributed by atoms with Gasteiger partial charge in [0.05, 0.1) is 44.7 Å². The van der Waals surface area contributed by atoms with Crippen molar-refractivity contribution in [3.05, 3.63) is 183 Å².